The van der Waals surface area contributed by atoms with Gasteiger partial charge in [0.2, 0.25) is 0 Å². The molecule has 0 bridgehead atoms. The van der Waals surface area contributed by atoms with Crippen LogP contribution in [-0.4, -0.2) is 25.7 Å². The Morgan fingerprint density at radius 2 is 1.23 bits per heavy atom. The maximum absolute atomic E-state index is 10.4. The minimum absolute atomic E-state index is 0.267. The van der Waals surface area contributed by atoms with Crippen molar-refractivity contribution in [3.05, 3.63) is 0 Å². The highest BCUT2D eigenvalue weighted by atomic mass is 32.2. The van der Waals surface area contributed by atoms with Crippen LogP contribution in [0, 0.1) is 0 Å². The van der Waals surface area contributed by atoms with Gasteiger partial charge in [0, 0.05) is 24.3 Å². The molecule has 0 atom stereocenters. The summed E-state index contributed by atoms with van der Waals surface area (Å²) in [4.78, 5) is 10.2. The molecule has 0 aromatic heterocycles. The molecule has 0 N–H and O–H groups in total. The molecule has 80 valence electrons. The Morgan fingerprint density at radius 1 is 0.923 bits per heavy atom. The first-order chi connectivity index (χ1) is 5.93. The van der Waals surface area contributed by atoms with Crippen LogP contribution in [-0.2, 0) is 14.6 Å². The van der Waals surface area contributed by atoms with Gasteiger partial charge >= 0.3 is 0 Å². The van der Waals surface area contributed by atoms with Crippen LogP contribution >= 0.6 is 0 Å². The second-order valence-electron chi connectivity index (χ2n) is 2.57. The zero-order chi connectivity index (χ0) is 10.9. The number of hydrogen-bond acceptors (Lipinski definition) is 3. The average molecular weight is 208 g/mol. The summed E-state index contributed by atoms with van der Waals surface area (Å²) in [5.41, 5.74) is 0. The molecule has 0 saturated heterocycles. The number of ketones is 1. The number of rotatable bonds is 4. The quantitative estimate of drug-likeness (QED) is 0.708. The molecule has 0 rings (SSSR count). The van der Waals surface area contributed by atoms with Crippen LogP contribution in [0.1, 0.15) is 40.5 Å². The molecule has 0 aromatic carbocycles. The molecular formula is C9H20O3S. The molecule has 0 aliphatic rings. The Kier molecular flexibility index (Phi) is 9.56. The van der Waals surface area contributed by atoms with E-state index in [0.29, 0.717) is 18.6 Å². The molecule has 13 heavy (non-hydrogen) atoms. The third-order valence-electron chi connectivity index (χ3n) is 1.67. The summed E-state index contributed by atoms with van der Waals surface area (Å²) in [7, 11) is -2.66. The average Bonchev–Trinajstić information content (AvgIpc) is 2.17. The largest absolute Gasteiger partial charge is 0.300 e. The van der Waals surface area contributed by atoms with Crippen molar-refractivity contribution in [1.82, 2.24) is 0 Å². The summed E-state index contributed by atoms with van der Waals surface area (Å²) in [6, 6.07) is 0. The first-order valence-electron chi connectivity index (χ1n) is 4.65. The van der Waals surface area contributed by atoms with Crippen LogP contribution in [0.15, 0.2) is 0 Å². The fraction of sp³-hybridized carbons (Fsp3) is 0.889. The van der Waals surface area contributed by atoms with Crippen molar-refractivity contribution in [2.24, 2.45) is 0 Å². The van der Waals surface area contributed by atoms with E-state index in [1.165, 1.54) is 0 Å². The molecule has 0 amide bonds. The molecule has 0 radical (unpaired) electrons. The van der Waals surface area contributed by atoms with E-state index < -0.39 is 9.84 Å². The lowest BCUT2D eigenvalue weighted by atomic mass is 10.3. The van der Waals surface area contributed by atoms with E-state index in [9.17, 15) is 13.2 Å². The van der Waals surface area contributed by atoms with Gasteiger partial charge in [0.25, 0.3) is 0 Å². The van der Waals surface area contributed by atoms with Crippen molar-refractivity contribution < 1.29 is 13.2 Å². The smallest absolute Gasteiger partial charge is 0.149 e. The number of Topliss-reactive ketones (excluding diaryl/α,β-unsaturated/α-hetero) is 1. The Hall–Kier alpha value is -0.380. The monoisotopic (exact) mass is 208 g/mol. The van der Waals surface area contributed by atoms with Gasteiger partial charge in [-0.2, -0.15) is 0 Å². The van der Waals surface area contributed by atoms with Gasteiger partial charge in [-0.05, 0) is 0 Å². The van der Waals surface area contributed by atoms with E-state index in [0.717, 1.165) is 0 Å². The maximum atomic E-state index is 10.4. The van der Waals surface area contributed by atoms with Crippen molar-refractivity contribution in [3.63, 3.8) is 0 Å². The molecule has 0 aliphatic carbocycles. The van der Waals surface area contributed by atoms with Crippen LogP contribution in [0.3, 0.4) is 0 Å². The Morgan fingerprint density at radius 3 is 1.23 bits per heavy atom. The summed E-state index contributed by atoms with van der Waals surface area (Å²) < 4.78 is 20.7. The molecule has 0 aromatic rings. The summed E-state index contributed by atoms with van der Waals surface area (Å²) in [6.07, 6.45) is 1.38. The zero-order valence-electron chi connectivity index (χ0n) is 8.96. The summed E-state index contributed by atoms with van der Waals surface area (Å²) in [5.74, 6) is 0.877. The number of hydrogen-bond donors (Lipinski definition) is 0. The predicted octanol–water partition coefficient (Wildman–Crippen LogP) is 1.82. The van der Waals surface area contributed by atoms with Gasteiger partial charge in [0.15, 0.2) is 0 Å². The van der Waals surface area contributed by atoms with Gasteiger partial charge in [-0.15, -0.1) is 0 Å². The van der Waals surface area contributed by atoms with Crippen LogP contribution in [0.4, 0.5) is 0 Å². The number of sulfone groups is 1. The first-order valence-corrected chi connectivity index (χ1v) is 6.47. The summed E-state index contributed by atoms with van der Waals surface area (Å²) >= 11 is 0. The van der Waals surface area contributed by atoms with Gasteiger partial charge in [0.05, 0.1) is 0 Å². The number of carbonyl (C=O) groups excluding carboxylic acids is 1. The molecule has 0 heterocycles. The van der Waals surface area contributed by atoms with E-state index >= 15 is 0 Å². The minimum Gasteiger partial charge on any atom is -0.300 e. The Labute approximate surface area is 81.5 Å². The maximum Gasteiger partial charge on any atom is 0.149 e. The van der Waals surface area contributed by atoms with Crippen molar-refractivity contribution in [3.8, 4) is 0 Å². The second kappa shape index (κ2) is 8.23. The molecule has 4 heteroatoms. The Bertz CT molecular complexity index is 201. The number of carbonyl (C=O) groups is 1. The van der Waals surface area contributed by atoms with Crippen LogP contribution in [0.25, 0.3) is 0 Å². The second-order valence-corrected chi connectivity index (χ2v) is 5.21. The third kappa shape index (κ3) is 11.6. The topological polar surface area (TPSA) is 51.2 Å². The van der Waals surface area contributed by atoms with Gasteiger partial charge in [0.1, 0.15) is 15.6 Å². The summed E-state index contributed by atoms with van der Waals surface area (Å²) in [6.45, 7) is 7.06. The van der Waals surface area contributed by atoms with Crippen molar-refractivity contribution in [2.75, 3.05) is 11.5 Å². The van der Waals surface area contributed by atoms with Crippen LogP contribution in [0.2, 0.25) is 0 Å². The van der Waals surface area contributed by atoms with Gasteiger partial charge in [-0.25, -0.2) is 8.42 Å². The van der Waals surface area contributed by atoms with Crippen LogP contribution < -0.4 is 0 Å². The lowest BCUT2D eigenvalue weighted by Gasteiger charge is -1.89. The van der Waals surface area contributed by atoms with E-state index in [4.69, 9.17) is 0 Å². The van der Waals surface area contributed by atoms with Gasteiger partial charge in [-0.3, -0.25) is 4.79 Å². The van der Waals surface area contributed by atoms with Crippen LogP contribution in [0.5, 0.6) is 0 Å². The van der Waals surface area contributed by atoms with Gasteiger partial charge < -0.3 is 0 Å². The fourth-order valence-electron chi connectivity index (χ4n) is 0.454. The lowest BCUT2D eigenvalue weighted by molar-refractivity contribution is -0.118. The van der Waals surface area contributed by atoms with E-state index in [2.05, 4.69) is 0 Å². The normalized spacial score (nSPS) is 10.2. The Balaban J connectivity index is 0. The molecule has 0 aliphatic heterocycles. The fourth-order valence-corrected chi connectivity index (χ4v) is 0.862. The lowest BCUT2D eigenvalue weighted by Crippen LogP contribution is -2.04. The molecule has 0 fully saturated rings. The van der Waals surface area contributed by atoms with E-state index in [1.54, 1.807) is 13.8 Å². The standard InChI is InChI=1S/C5H10O.C4H10O2S/c1-3-5(6)4-2;1-3-7(5,6)4-2/h3-4H2,1-2H3;3-4H2,1-2H3. The SMILES string of the molecule is CCC(=O)CC.CCS(=O)(=O)CC. The third-order valence-corrected chi connectivity index (χ3v) is 3.43. The van der Waals surface area contributed by atoms with Crippen molar-refractivity contribution >= 4 is 15.6 Å². The van der Waals surface area contributed by atoms with Gasteiger partial charge in [-0.1, -0.05) is 27.7 Å². The molecule has 3 nitrogen and oxygen atoms in total. The zero-order valence-corrected chi connectivity index (χ0v) is 9.78. The minimum atomic E-state index is -2.66. The first kappa shape index (κ1) is 15.1. The molecule has 0 spiro atoms. The summed E-state index contributed by atoms with van der Waals surface area (Å²) in [5, 5.41) is 0. The van der Waals surface area contributed by atoms with E-state index in [1.807, 2.05) is 13.8 Å². The highest BCUT2D eigenvalue weighted by Crippen LogP contribution is 1.84. The highest BCUT2D eigenvalue weighted by Gasteiger charge is 1.99. The molecule has 0 saturated carbocycles. The molecular weight excluding hydrogens is 188 g/mol. The van der Waals surface area contributed by atoms with Crippen molar-refractivity contribution in [1.29, 1.82) is 0 Å². The van der Waals surface area contributed by atoms with E-state index in [-0.39, 0.29) is 11.5 Å². The highest BCUT2D eigenvalue weighted by molar-refractivity contribution is 7.91. The molecule has 0 unspecified atom stereocenters. The predicted molar refractivity (Wildman–Crippen MR) is 55.6 cm³/mol. The van der Waals surface area contributed by atoms with Crippen molar-refractivity contribution in [2.45, 2.75) is 40.5 Å².